The maximum Gasteiger partial charge on any atom is 0.360 e. The maximum atomic E-state index is 15.3. The average molecular weight is 666 g/mol. The van der Waals surface area contributed by atoms with E-state index in [0.717, 1.165) is 27.4 Å². The number of aryl methyl sites for hydroxylation is 2. The van der Waals surface area contributed by atoms with Crippen LogP contribution >= 0.6 is 11.3 Å². The molecule has 0 aliphatic carbocycles. The van der Waals surface area contributed by atoms with E-state index in [1.54, 1.807) is 60.5 Å². The molecular formula is C29H33ClFN5O6S2. The van der Waals surface area contributed by atoms with Crippen LogP contribution in [-0.4, -0.2) is 42.6 Å². The van der Waals surface area contributed by atoms with Gasteiger partial charge in [0.25, 0.3) is 15.9 Å². The zero-order chi connectivity index (χ0) is 31.5. The number of sulfonamides is 1. The van der Waals surface area contributed by atoms with Gasteiger partial charge in [-0.15, -0.1) is 11.3 Å². The molecule has 0 aliphatic rings. The summed E-state index contributed by atoms with van der Waals surface area (Å²) in [6.07, 6.45) is 3.56. The second-order valence-electron chi connectivity index (χ2n) is 10.7. The summed E-state index contributed by atoms with van der Waals surface area (Å²) in [6, 6.07) is 9.94. The molecule has 0 unspecified atom stereocenters. The van der Waals surface area contributed by atoms with E-state index in [0.29, 0.717) is 11.3 Å². The fraction of sp³-hybridized carbons (Fsp3) is 0.310. The standard InChI is InChI=1S/C29H32FN5O6S2.ClH/c1-19-14-33(5)18-34(19)16-25(36)32-24-12-11-22(13-23(24)30)43(38,39)35(15-20-7-9-21(40-6)10-8-20)27-26(31-17-42-27)28(37)41-29(2,3)4;/h7-14,17-18H,15-16H2,1-6H3;1H. The minimum Gasteiger partial charge on any atom is -1.00 e. The number of ether oxygens (including phenoxy) is 2. The number of methoxy groups -OCH3 is 1. The number of anilines is 2. The third kappa shape index (κ3) is 8.12. The van der Waals surface area contributed by atoms with Crippen molar-refractivity contribution in [3.05, 3.63) is 83.3 Å². The first kappa shape index (κ1) is 34.5. The summed E-state index contributed by atoms with van der Waals surface area (Å²) < 4.78 is 58.5. The van der Waals surface area contributed by atoms with Crippen molar-refractivity contribution in [1.82, 2.24) is 9.55 Å². The number of benzene rings is 2. The number of hydrogen-bond acceptors (Lipinski definition) is 8. The van der Waals surface area contributed by atoms with Crippen LogP contribution in [0, 0.1) is 12.7 Å². The lowest BCUT2D eigenvalue weighted by atomic mass is 10.2. The van der Waals surface area contributed by atoms with E-state index in [2.05, 4.69) is 10.3 Å². The molecule has 0 saturated carbocycles. The fourth-order valence-electron chi connectivity index (χ4n) is 4.15. The van der Waals surface area contributed by atoms with Gasteiger partial charge in [-0.25, -0.2) is 31.7 Å². The molecule has 0 fully saturated rings. The Kier molecular flexibility index (Phi) is 10.8. The summed E-state index contributed by atoms with van der Waals surface area (Å²) in [4.78, 5) is 29.3. The molecule has 0 spiro atoms. The Bertz CT molecular complexity index is 1750. The van der Waals surface area contributed by atoms with Gasteiger partial charge >= 0.3 is 5.97 Å². The quantitative estimate of drug-likeness (QED) is 0.200. The highest BCUT2D eigenvalue weighted by Gasteiger charge is 2.33. The van der Waals surface area contributed by atoms with Gasteiger partial charge in [-0.1, -0.05) is 12.1 Å². The minimum absolute atomic E-state index is 0. The lowest BCUT2D eigenvalue weighted by Gasteiger charge is -2.25. The van der Waals surface area contributed by atoms with Crippen LogP contribution in [0.25, 0.3) is 0 Å². The van der Waals surface area contributed by atoms with Gasteiger partial charge in [-0.05, 0) is 56.7 Å². The molecule has 4 aromatic rings. The smallest absolute Gasteiger partial charge is 0.360 e. The number of esters is 1. The number of thiazole rings is 1. The van der Waals surface area contributed by atoms with Crippen molar-refractivity contribution < 1.29 is 48.8 Å². The summed E-state index contributed by atoms with van der Waals surface area (Å²) in [7, 11) is -1.12. The maximum absolute atomic E-state index is 15.3. The number of nitrogens with zero attached hydrogens (tertiary/aromatic N) is 4. The summed E-state index contributed by atoms with van der Waals surface area (Å²) in [5, 5.41) is 2.51. The van der Waals surface area contributed by atoms with Crippen LogP contribution in [0.4, 0.5) is 15.1 Å². The monoisotopic (exact) mass is 665 g/mol. The second kappa shape index (κ2) is 13.7. The molecule has 2 aromatic carbocycles. The Balaban J connectivity index is 0.00000529. The zero-order valence-corrected chi connectivity index (χ0v) is 27.4. The molecule has 0 aliphatic heterocycles. The SMILES string of the molecule is COc1ccc(CN(c2scnc2C(=O)OC(C)(C)C)S(=O)(=O)c2ccc(NC(=O)Cn3c[n+](C)cc3C)c(F)c2)cc1.[Cl-]. The van der Waals surface area contributed by atoms with Crippen molar-refractivity contribution >= 4 is 43.9 Å². The van der Waals surface area contributed by atoms with Gasteiger partial charge in [0.05, 0.1) is 36.8 Å². The summed E-state index contributed by atoms with van der Waals surface area (Å²) in [5.41, 5.74) is 1.55. The Hall–Kier alpha value is -4.01. The third-order valence-electron chi connectivity index (χ3n) is 6.13. The van der Waals surface area contributed by atoms with Crippen molar-refractivity contribution in [3.63, 3.8) is 0 Å². The van der Waals surface area contributed by atoms with E-state index in [1.165, 1.54) is 24.8 Å². The van der Waals surface area contributed by atoms with Crippen molar-refractivity contribution in [2.45, 2.75) is 51.3 Å². The van der Waals surface area contributed by atoms with Gasteiger partial charge in [0.1, 0.15) is 34.1 Å². The normalized spacial score (nSPS) is 11.4. The van der Waals surface area contributed by atoms with E-state index < -0.39 is 33.3 Å². The highest BCUT2D eigenvalue weighted by Crippen LogP contribution is 2.34. The van der Waals surface area contributed by atoms with Gasteiger partial charge in [0.15, 0.2) is 12.2 Å². The van der Waals surface area contributed by atoms with Crippen LogP contribution < -0.4 is 31.3 Å². The van der Waals surface area contributed by atoms with Gasteiger partial charge in [-0.2, -0.15) is 0 Å². The molecule has 1 amide bonds. The van der Waals surface area contributed by atoms with Crippen molar-refractivity contribution in [2.24, 2.45) is 7.05 Å². The molecular weight excluding hydrogens is 633 g/mol. The molecule has 11 nitrogen and oxygen atoms in total. The Morgan fingerprint density at radius 3 is 2.41 bits per heavy atom. The average Bonchev–Trinajstić information content (AvgIpc) is 3.53. The van der Waals surface area contributed by atoms with Gasteiger partial charge in [0.2, 0.25) is 6.33 Å². The lowest BCUT2D eigenvalue weighted by molar-refractivity contribution is -0.671. The number of carbonyl (C=O) groups excluding carboxylic acids is 2. The Labute approximate surface area is 265 Å². The number of hydrogen-bond donors (Lipinski definition) is 1. The highest BCUT2D eigenvalue weighted by atomic mass is 35.5. The molecule has 0 radical (unpaired) electrons. The van der Waals surface area contributed by atoms with Crippen LogP contribution in [0.5, 0.6) is 5.75 Å². The molecule has 236 valence electrons. The summed E-state index contributed by atoms with van der Waals surface area (Å²) in [6.45, 7) is 6.64. The van der Waals surface area contributed by atoms with Crippen LogP contribution in [0.1, 0.15) is 42.5 Å². The van der Waals surface area contributed by atoms with Crippen LogP contribution in [-0.2, 0) is 39.7 Å². The molecule has 1 N–H and O–H groups in total. The largest absolute Gasteiger partial charge is 1.00 e. The number of imidazole rings is 1. The fourth-order valence-corrected chi connectivity index (χ4v) is 6.64. The second-order valence-corrected chi connectivity index (χ2v) is 13.4. The summed E-state index contributed by atoms with van der Waals surface area (Å²) in [5.74, 6) is -1.65. The number of carbonyl (C=O) groups is 2. The topological polar surface area (TPSA) is 124 Å². The van der Waals surface area contributed by atoms with Crippen molar-refractivity contribution in [2.75, 3.05) is 16.7 Å². The number of amides is 1. The molecule has 15 heteroatoms. The van der Waals surface area contributed by atoms with E-state index in [-0.39, 0.29) is 46.8 Å². The number of halogens is 2. The molecule has 44 heavy (non-hydrogen) atoms. The molecule has 0 bridgehead atoms. The first-order chi connectivity index (χ1) is 20.2. The van der Waals surface area contributed by atoms with E-state index >= 15 is 4.39 Å². The Morgan fingerprint density at radius 2 is 1.84 bits per heavy atom. The van der Waals surface area contributed by atoms with Crippen molar-refractivity contribution in [1.29, 1.82) is 0 Å². The zero-order valence-electron chi connectivity index (χ0n) is 25.0. The van der Waals surface area contributed by atoms with Gasteiger partial charge < -0.3 is 27.2 Å². The summed E-state index contributed by atoms with van der Waals surface area (Å²) >= 11 is 0.935. The van der Waals surface area contributed by atoms with Crippen LogP contribution in [0.3, 0.4) is 0 Å². The van der Waals surface area contributed by atoms with E-state index in [4.69, 9.17) is 9.47 Å². The molecule has 0 atom stereocenters. The predicted octanol–water partition coefficient (Wildman–Crippen LogP) is 1.22. The number of nitrogens with one attached hydrogen (secondary N) is 1. The number of aromatic nitrogens is 3. The van der Waals surface area contributed by atoms with E-state index in [9.17, 15) is 18.0 Å². The van der Waals surface area contributed by atoms with E-state index in [1.807, 2.05) is 20.2 Å². The van der Waals surface area contributed by atoms with Gasteiger partial charge in [0, 0.05) is 6.92 Å². The first-order valence-corrected chi connectivity index (χ1v) is 15.4. The minimum atomic E-state index is -4.45. The molecule has 4 rings (SSSR count). The van der Waals surface area contributed by atoms with Crippen LogP contribution in [0.15, 0.2) is 65.4 Å². The third-order valence-corrected chi connectivity index (χ3v) is 8.84. The molecule has 2 heterocycles. The highest BCUT2D eigenvalue weighted by molar-refractivity contribution is 7.93. The van der Waals surface area contributed by atoms with Crippen molar-refractivity contribution in [3.8, 4) is 5.75 Å². The Morgan fingerprint density at radius 1 is 1.16 bits per heavy atom. The van der Waals surface area contributed by atoms with Crippen LogP contribution in [0.2, 0.25) is 0 Å². The lowest BCUT2D eigenvalue weighted by Crippen LogP contribution is -3.00. The number of rotatable bonds is 10. The first-order valence-electron chi connectivity index (χ1n) is 13.1. The van der Waals surface area contributed by atoms with Gasteiger partial charge in [-0.3, -0.25) is 9.10 Å². The molecule has 0 saturated heterocycles. The predicted molar refractivity (Wildman–Crippen MR) is 159 cm³/mol. The molecule has 2 aromatic heterocycles.